The van der Waals surface area contributed by atoms with Gasteiger partial charge in [0.05, 0.1) is 35.0 Å². The molecule has 0 unspecified atom stereocenters. The van der Waals surface area contributed by atoms with Gasteiger partial charge in [0.1, 0.15) is 5.67 Å². The summed E-state index contributed by atoms with van der Waals surface area (Å²) in [5.74, 6) is 0. The van der Waals surface area contributed by atoms with Gasteiger partial charge in [0.25, 0.3) is 6.01 Å². The number of nitrogens with zero attached hydrogens (tertiary/aromatic N) is 5. The van der Waals surface area contributed by atoms with Crippen LogP contribution in [0.15, 0.2) is 36.5 Å². The second-order valence-corrected chi connectivity index (χ2v) is 8.58. The van der Waals surface area contributed by atoms with Gasteiger partial charge in [0.15, 0.2) is 5.65 Å². The predicted molar refractivity (Wildman–Crippen MR) is 113 cm³/mol. The Morgan fingerprint density at radius 3 is 2.67 bits per heavy atom. The van der Waals surface area contributed by atoms with Crippen LogP contribution in [0.4, 0.5) is 10.1 Å². The van der Waals surface area contributed by atoms with Crippen molar-refractivity contribution in [1.82, 2.24) is 24.7 Å². The van der Waals surface area contributed by atoms with Crippen molar-refractivity contribution in [1.29, 1.82) is 0 Å². The minimum Gasteiger partial charge on any atom is -0.480 e. The Hall–Kier alpha value is -3.13. The summed E-state index contributed by atoms with van der Waals surface area (Å²) >= 11 is 6.38. The van der Waals surface area contributed by atoms with Gasteiger partial charge in [-0.3, -0.25) is 4.68 Å². The Bertz CT molecular complexity index is 1220. The van der Waals surface area contributed by atoms with Gasteiger partial charge >= 0.3 is 0 Å². The normalized spacial score (nSPS) is 13.9. The fourth-order valence-corrected chi connectivity index (χ4v) is 4.06. The third kappa shape index (κ3) is 3.47. The molecule has 0 bridgehead atoms. The van der Waals surface area contributed by atoms with Crippen molar-refractivity contribution >= 4 is 28.5 Å². The molecule has 30 heavy (non-hydrogen) atoms. The van der Waals surface area contributed by atoms with E-state index in [1.807, 2.05) is 30.5 Å². The van der Waals surface area contributed by atoms with Gasteiger partial charge < -0.3 is 15.0 Å². The van der Waals surface area contributed by atoms with Crippen molar-refractivity contribution in [3.8, 4) is 17.3 Å². The fraction of sp³-hybridized carbons (Fsp3) is 0.286. The molecule has 0 saturated carbocycles. The number of aromatic amines is 1. The monoisotopic (exact) mass is 426 g/mol. The van der Waals surface area contributed by atoms with Gasteiger partial charge in [-0.25, -0.2) is 9.37 Å². The Morgan fingerprint density at radius 2 is 1.97 bits per heavy atom. The predicted octanol–water partition coefficient (Wildman–Crippen LogP) is 4.45. The Kier molecular flexibility index (Phi) is 4.21. The summed E-state index contributed by atoms with van der Waals surface area (Å²) in [6.45, 7) is 4.79. The molecule has 154 valence electrons. The molecule has 4 heterocycles. The fourth-order valence-electron chi connectivity index (χ4n) is 3.80. The number of pyridine rings is 1. The molecule has 4 aromatic rings. The molecule has 3 aromatic heterocycles. The van der Waals surface area contributed by atoms with E-state index in [9.17, 15) is 9.50 Å². The van der Waals surface area contributed by atoms with Gasteiger partial charge in [0, 0.05) is 29.6 Å². The van der Waals surface area contributed by atoms with Crippen molar-refractivity contribution in [2.45, 2.75) is 39.2 Å². The van der Waals surface area contributed by atoms with E-state index in [0.717, 1.165) is 29.1 Å². The summed E-state index contributed by atoms with van der Waals surface area (Å²) in [6, 6.07) is 9.48. The number of halogens is 2. The molecule has 0 saturated heterocycles. The number of aromatic hydroxyl groups is 1. The molecule has 1 aliphatic rings. The van der Waals surface area contributed by atoms with Crippen LogP contribution in [0.25, 0.3) is 22.4 Å². The highest BCUT2D eigenvalue weighted by molar-refractivity contribution is 6.33. The number of rotatable bonds is 4. The maximum absolute atomic E-state index is 13.9. The summed E-state index contributed by atoms with van der Waals surface area (Å²) in [6.07, 6.45) is 1.93. The molecule has 0 radical (unpaired) electrons. The number of fused-ring (bicyclic) bond motifs is 2. The number of benzene rings is 1. The van der Waals surface area contributed by atoms with Crippen molar-refractivity contribution in [2.75, 3.05) is 4.90 Å². The van der Waals surface area contributed by atoms with Crippen LogP contribution < -0.4 is 4.90 Å². The molecule has 0 aliphatic carbocycles. The molecule has 2 N–H and O–H groups in total. The standard InChI is InChI=1S/C21H20ClFN6O/c1-21(2,23)11-29-9-13-8-28(10-17(13)27-29)14-5-3-12(4-6-14)18-15(22)7-16-19(25-18)26-20(30)24-16/h3-7,9H,8,10-11H2,1-2H3,(H2,24,25,26,30). The summed E-state index contributed by atoms with van der Waals surface area (Å²) in [4.78, 5) is 13.3. The van der Waals surface area contributed by atoms with Crippen molar-refractivity contribution in [3.05, 3.63) is 52.8 Å². The summed E-state index contributed by atoms with van der Waals surface area (Å²) in [5, 5.41) is 14.5. The topological polar surface area (TPSA) is 82.9 Å². The number of H-pyrrole nitrogens is 1. The summed E-state index contributed by atoms with van der Waals surface area (Å²) < 4.78 is 15.6. The minimum absolute atomic E-state index is 0.188. The van der Waals surface area contributed by atoms with Crippen molar-refractivity contribution in [2.24, 2.45) is 0 Å². The van der Waals surface area contributed by atoms with Crippen molar-refractivity contribution in [3.63, 3.8) is 0 Å². The summed E-state index contributed by atoms with van der Waals surface area (Å²) in [5.41, 5.74) is 4.34. The average molecular weight is 427 g/mol. The number of hydrogen-bond donors (Lipinski definition) is 2. The first-order chi connectivity index (χ1) is 14.2. The third-order valence-corrected chi connectivity index (χ3v) is 5.37. The molecular formula is C21H20ClFN6O. The quantitative estimate of drug-likeness (QED) is 0.503. The van der Waals surface area contributed by atoms with Crippen LogP contribution >= 0.6 is 11.6 Å². The zero-order valence-corrected chi connectivity index (χ0v) is 17.3. The van der Waals surface area contributed by atoms with E-state index < -0.39 is 5.67 Å². The third-order valence-electron chi connectivity index (χ3n) is 5.08. The number of nitrogens with one attached hydrogen (secondary N) is 1. The zero-order chi connectivity index (χ0) is 21.0. The first-order valence-corrected chi connectivity index (χ1v) is 9.98. The molecule has 0 spiro atoms. The lowest BCUT2D eigenvalue weighted by atomic mass is 10.1. The van der Waals surface area contributed by atoms with Crippen LogP contribution in [0.1, 0.15) is 25.1 Å². The minimum atomic E-state index is -1.29. The number of aromatic nitrogens is 5. The molecule has 0 amide bonds. The van der Waals surface area contributed by atoms with Gasteiger partial charge in [-0.1, -0.05) is 23.7 Å². The molecule has 0 atom stereocenters. The van der Waals surface area contributed by atoms with Crippen LogP contribution in [0.3, 0.4) is 0 Å². The van der Waals surface area contributed by atoms with Crippen LogP contribution in [-0.2, 0) is 19.6 Å². The molecule has 9 heteroatoms. The van der Waals surface area contributed by atoms with E-state index >= 15 is 0 Å². The maximum Gasteiger partial charge on any atom is 0.293 e. The van der Waals surface area contributed by atoms with E-state index in [-0.39, 0.29) is 12.6 Å². The molecule has 1 aromatic carbocycles. The van der Waals surface area contributed by atoms with Gasteiger partial charge in [-0.15, -0.1) is 0 Å². The number of hydrogen-bond acceptors (Lipinski definition) is 5. The van der Waals surface area contributed by atoms with Crippen LogP contribution in [-0.4, -0.2) is 35.5 Å². The molecule has 7 nitrogen and oxygen atoms in total. The van der Waals surface area contributed by atoms with Crippen LogP contribution in [0, 0.1) is 0 Å². The zero-order valence-electron chi connectivity index (χ0n) is 16.5. The lowest BCUT2D eigenvalue weighted by Gasteiger charge is -2.19. The highest BCUT2D eigenvalue weighted by Gasteiger charge is 2.25. The summed E-state index contributed by atoms with van der Waals surface area (Å²) in [7, 11) is 0. The smallest absolute Gasteiger partial charge is 0.293 e. The van der Waals surface area contributed by atoms with E-state index in [1.165, 1.54) is 0 Å². The Balaban J connectivity index is 1.35. The lowest BCUT2D eigenvalue weighted by molar-refractivity contribution is 0.179. The Labute approximate surface area is 177 Å². The van der Waals surface area contributed by atoms with Gasteiger partial charge in [0.2, 0.25) is 0 Å². The molecular weight excluding hydrogens is 407 g/mol. The maximum atomic E-state index is 13.9. The van der Waals surface area contributed by atoms with E-state index in [0.29, 0.717) is 28.4 Å². The second kappa shape index (κ2) is 6.70. The highest BCUT2D eigenvalue weighted by Crippen LogP contribution is 2.33. The number of anilines is 1. The van der Waals surface area contributed by atoms with Crippen molar-refractivity contribution < 1.29 is 9.50 Å². The SMILES string of the molecule is CC(C)(F)Cn1cc2c(n1)CN(c1ccc(-c3nc4nc(O)[nH]c4cc3Cl)cc1)C2. The molecule has 1 aliphatic heterocycles. The van der Waals surface area contributed by atoms with Gasteiger partial charge in [-0.05, 0) is 32.0 Å². The van der Waals surface area contributed by atoms with Gasteiger partial charge in [-0.2, -0.15) is 10.1 Å². The van der Waals surface area contributed by atoms with Crippen LogP contribution in [0.2, 0.25) is 5.02 Å². The number of imidazole rings is 1. The average Bonchev–Trinajstić information content (AvgIpc) is 3.31. The van der Waals surface area contributed by atoms with E-state index in [2.05, 4.69) is 25.0 Å². The van der Waals surface area contributed by atoms with E-state index in [1.54, 1.807) is 24.6 Å². The largest absolute Gasteiger partial charge is 0.480 e. The number of alkyl halides is 1. The van der Waals surface area contributed by atoms with E-state index in [4.69, 9.17) is 11.6 Å². The van der Waals surface area contributed by atoms with Crippen LogP contribution in [0.5, 0.6) is 6.01 Å². The Morgan fingerprint density at radius 1 is 1.20 bits per heavy atom. The highest BCUT2D eigenvalue weighted by atomic mass is 35.5. The first-order valence-electron chi connectivity index (χ1n) is 9.60. The first kappa shape index (κ1) is 18.9. The molecule has 0 fully saturated rings. The molecule has 5 rings (SSSR count). The lowest BCUT2D eigenvalue weighted by Crippen LogP contribution is -2.22. The second-order valence-electron chi connectivity index (χ2n) is 8.17.